The SMILES string of the molecule is O=CC1CCC2(CC1)CCN(c1ccc(C3CCC(=O)NC3=O)cn1)CC2. The van der Waals surface area contributed by atoms with Crippen molar-refractivity contribution >= 4 is 23.9 Å². The third-order valence-corrected chi connectivity index (χ3v) is 6.84. The quantitative estimate of drug-likeness (QED) is 0.654. The van der Waals surface area contributed by atoms with Crippen LogP contribution in [0, 0.1) is 11.3 Å². The van der Waals surface area contributed by atoms with E-state index in [0.717, 1.165) is 56.4 Å². The summed E-state index contributed by atoms with van der Waals surface area (Å²) >= 11 is 0. The molecule has 144 valence electrons. The summed E-state index contributed by atoms with van der Waals surface area (Å²) in [6.45, 7) is 1.99. The van der Waals surface area contributed by atoms with Crippen molar-refractivity contribution in [2.45, 2.75) is 57.3 Å². The van der Waals surface area contributed by atoms with Gasteiger partial charge in [0.05, 0.1) is 5.92 Å². The van der Waals surface area contributed by atoms with Crippen molar-refractivity contribution < 1.29 is 14.4 Å². The first-order valence-corrected chi connectivity index (χ1v) is 10.1. The van der Waals surface area contributed by atoms with Gasteiger partial charge in [-0.3, -0.25) is 14.9 Å². The number of rotatable bonds is 3. The predicted molar refractivity (Wildman–Crippen MR) is 101 cm³/mol. The lowest BCUT2D eigenvalue weighted by atomic mass is 9.66. The molecule has 3 fully saturated rings. The summed E-state index contributed by atoms with van der Waals surface area (Å²) in [6, 6.07) is 3.97. The van der Waals surface area contributed by atoms with Crippen molar-refractivity contribution in [1.82, 2.24) is 10.3 Å². The monoisotopic (exact) mass is 369 g/mol. The highest BCUT2D eigenvalue weighted by Gasteiger charge is 2.38. The molecular formula is C21H27N3O3. The fourth-order valence-corrected chi connectivity index (χ4v) is 4.90. The Morgan fingerprint density at radius 1 is 1.07 bits per heavy atom. The van der Waals surface area contributed by atoms with Gasteiger partial charge in [-0.15, -0.1) is 0 Å². The molecule has 1 saturated carbocycles. The molecule has 2 amide bonds. The normalized spacial score (nSPS) is 26.1. The molecule has 1 spiro atoms. The number of imide groups is 1. The number of pyridine rings is 1. The number of hydrogen-bond donors (Lipinski definition) is 1. The second kappa shape index (κ2) is 7.41. The number of nitrogens with one attached hydrogen (secondary N) is 1. The van der Waals surface area contributed by atoms with Crippen LogP contribution in [0.2, 0.25) is 0 Å². The number of aldehydes is 1. The van der Waals surface area contributed by atoms with E-state index >= 15 is 0 Å². The topological polar surface area (TPSA) is 79.4 Å². The van der Waals surface area contributed by atoms with Crippen LogP contribution in [0.3, 0.4) is 0 Å². The average molecular weight is 369 g/mol. The zero-order valence-electron chi connectivity index (χ0n) is 15.7. The van der Waals surface area contributed by atoms with Crippen LogP contribution in [0.15, 0.2) is 18.3 Å². The van der Waals surface area contributed by atoms with E-state index in [-0.39, 0.29) is 23.7 Å². The Morgan fingerprint density at radius 3 is 2.41 bits per heavy atom. The van der Waals surface area contributed by atoms with Gasteiger partial charge in [0, 0.05) is 31.6 Å². The van der Waals surface area contributed by atoms with Crippen LogP contribution in [0.4, 0.5) is 5.82 Å². The minimum absolute atomic E-state index is 0.190. The lowest BCUT2D eigenvalue weighted by Crippen LogP contribution is -2.42. The second-order valence-electron chi connectivity index (χ2n) is 8.41. The standard InChI is InChI=1S/C21H27N3O3/c25-14-15-5-7-21(8-6-15)9-11-24(12-10-21)18-3-1-16(13-22-18)17-2-4-19(26)23-20(17)27/h1,3,13-15,17H,2,4-12H2,(H,23,26,27). The maximum absolute atomic E-state index is 12.0. The van der Waals surface area contributed by atoms with E-state index in [1.165, 1.54) is 12.8 Å². The molecule has 1 atom stereocenters. The Balaban J connectivity index is 1.36. The molecule has 1 aromatic heterocycles. The van der Waals surface area contributed by atoms with Crippen LogP contribution in [-0.2, 0) is 14.4 Å². The summed E-state index contributed by atoms with van der Waals surface area (Å²) in [5.74, 6) is 0.552. The Morgan fingerprint density at radius 2 is 1.81 bits per heavy atom. The third kappa shape index (κ3) is 3.75. The molecule has 1 N–H and O–H groups in total. The number of nitrogens with zero attached hydrogens (tertiary/aromatic N) is 2. The van der Waals surface area contributed by atoms with E-state index in [4.69, 9.17) is 0 Å². The molecule has 1 aliphatic carbocycles. The Labute approximate surface area is 159 Å². The number of anilines is 1. The second-order valence-corrected chi connectivity index (χ2v) is 8.41. The summed E-state index contributed by atoms with van der Waals surface area (Å²) < 4.78 is 0. The van der Waals surface area contributed by atoms with Crippen LogP contribution in [0.25, 0.3) is 0 Å². The van der Waals surface area contributed by atoms with Gasteiger partial charge in [-0.2, -0.15) is 0 Å². The number of hydrogen-bond acceptors (Lipinski definition) is 5. The van der Waals surface area contributed by atoms with Crippen molar-refractivity contribution in [3.63, 3.8) is 0 Å². The van der Waals surface area contributed by atoms with E-state index in [1.54, 1.807) is 6.20 Å². The fourth-order valence-electron chi connectivity index (χ4n) is 4.90. The number of piperidine rings is 2. The summed E-state index contributed by atoms with van der Waals surface area (Å²) in [4.78, 5) is 41.2. The van der Waals surface area contributed by atoms with Gasteiger partial charge < -0.3 is 9.69 Å². The summed E-state index contributed by atoms with van der Waals surface area (Å²) in [5.41, 5.74) is 1.30. The summed E-state index contributed by atoms with van der Waals surface area (Å²) in [6.07, 6.45) is 10.6. The predicted octanol–water partition coefficient (Wildman–Crippen LogP) is 2.58. The van der Waals surface area contributed by atoms with Gasteiger partial charge in [0.25, 0.3) is 0 Å². The van der Waals surface area contributed by atoms with E-state index in [0.29, 0.717) is 18.3 Å². The van der Waals surface area contributed by atoms with Gasteiger partial charge in [-0.25, -0.2) is 4.98 Å². The molecule has 6 nitrogen and oxygen atoms in total. The lowest BCUT2D eigenvalue weighted by molar-refractivity contribution is -0.134. The number of aromatic nitrogens is 1. The first-order valence-electron chi connectivity index (χ1n) is 10.1. The smallest absolute Gasteiger partial charge is 0.234 e. The van der Waals surface area contributed by atoms with E-state index in [2.05, 4.69) is 15.2 Å². The van der Waals surface area contributed by atoms with Crippen LogP contribution < -0.4 is 10.2 Å². The highest BCUT2D eigenvalue weighted by Crippen LogP contribution is 2.46. The minimum atomic E-state index is -0.276. The number of carbonyl (C=O) groups is 3. The van der Waals surface area contributed by atoms with Crippen molar-refractivity contribution in [3.8, 4) is 0 Å². The Hall–Kier alpha value is -2.24. The van der Waals surface area contributed by atoms with Gasteiger partial charge >= 0.3 is 0 Å². The molecule has 2 saturated heterocycles. The van der Waals surface area contributed by atoms with Gasteiger partial charge in [-0.1, -0.05) is 6.07 Å². The largest absolute Gasteiger partial charge is 0.357 e. The van der Waals surface area contributed by atoms with Crippen molar-refractivity contribution in [3.05, 3.63) is 23.9 Å². The molecule has 0 bridgehead atoms. The molecule has 27 heavy (non-hydrogen) atoms. The van der Waals surface area contributed by atoms with E-state index in [9.17, 15) is 14.4 Å². The summed E-state index contributed by atoms with van der Waals surface area (Å²) in [5, 5.41) is 2.41. The lowest BCUT2D eigenvalue weighted by Gasteiger charge is -2.45. The molecule has 3 heterocycles. The van der Waals surface area contributed by atoms with Crippen LogP contribution >= 0.6 is 0 Å². The van der Waals surface area contributed by atoms with Crippen molar-refractivity contribution in [2.75, 3.05) is 18.0 Å². The molecule has 6 heteroatoms. The third-order valence-electron chi connectivity index (χ3n) is 6.84. The maximum Gasteiger partial charge on any atom is 0.234 e. The first-order chi connectivity index (χ1) is 13.1. The number of carbonyl (C=O) groups excluding carboxylic acids is 3. The molecule has 2 aliphatic heterocycles. The van der Waals surface area contributed by atoms with Gasteiger partial charge in [0.1, 0.15) is 12.1 Å². The van der Waals surface area contributed by atoms with Crippen molar-refractivity contribution in [1.29, 1.82) is 0 Å². The molecule has 1 unspecified atom stereocenters. The van der Waals surface area contributed by atoms with Gasteiger partial charge in [0.15, 0.2) is 0 Å². The minimum Gasteiger partial charge on any atom is -0.357 e. The average Bonchev–Trinajstić information content (AvgIpc) is 2.70. The highest BCUT2D eigenvalue weighted by atomic mass is 16.2. The molecule has 0 radical (unpaired) electrons. The molecule has 4 rings (SSSR count). The zero-order chi connectivity index (χ0) is 18.9. The Kier molecular flexibility index (Phi) is 4.98. The van der Waals surface area contributed by atoms with Crippen LogP contribution in [0.1, 0.15) is 62.8 Å². The molecular weight excluding hydrogens is 342 g/mol. The van der Waals surface area contributed by atoms with E-state index in [1.807, 2.05) is 12.1 Å². The maximum atomic E-state index is 12.0. The summed E-state index contributed by atoms with van der Waals surface area (Å²) in [7, 11) is 0. The molecule has 3 aliphatic rings. The molecule has 0 aromatic carbocycles. The highest BCUT2D eigenvalue weighted by molar-refractivity contribution is 6.00. The van der Waals surface area contributed by atoms with Gasteiger partial charge in [-0.05, 0) is 62.0 Å². The Bertz CT molecular complexity index is 713. The fraction of sp³-hybridized carbons (Fsp3) is 0.619. The van der Waals surface area contributed by atoms with Crippen LogP contribution in [-0.4, -0.2) is 36.2 Å². The van der Waals surface area contributed by atoms with Crippen LogP contribution in [0.5, 0.6) is 0 Å². The first kappa shape index (κ1) is 18.1. The number of amides is 2. The van der Waals surface area contributed by atoms with E-state index < -0.39 is 0 Å². The van der Waals surface area contributed by atoms with Crippen molar-refractivity contribution in [2.24, 2.45) is 11.3 Å². The zero-order valence-corrected chi connectivity index (χ0v) is 15.7. The van der Waals surface area contributed by atoms with Gasteiger partial charge in [0.2, 0.25) is 11.8 Å². The molecule has 1 aromatic rings.